The van der Waals surface area contributed by atoms with Crippen molar-refractivity contribution >= 4 is 44.8 Å². The lowest BCUT2D eigenvalue weighted by Crippen LogP contribution is -1.98. The molecule has 2 heterocycles. The molecule has 1 aliphatic heterocycles. The Kier molecular flexibility index (Phi) is 9.35. The average molecular weight is 696 g/mol. The summed E-state index contributed by atoms with van der Waals surface area (Å²) in [6, 6.07) is 53.5. The second kappa shape index (κ2) is 14.7. The van der Waals surface area contributed by atoms with Crippen molar-refractivity contribution in [3.05, 3.63) is 191 Å². The highest BCUT2D eigenvalue weighted by Gasteiger charge is 2.25. The van der Waals surface area contributed by atoms with Gasteiger partial charge in [-0.15, -0.1) is 0 Å². The van der Waals surface area contributed by atoms with Crippen LogP contribution in [0.1, 0.15) is 16.0 Å². The van der Waals surface area contributed by atoms with E-state index in [1.165, 1.54) is 52.6 Å². The molecule has 4 heteroatoms. The molecule has 0 radical (unpaired) electrons. The summed E-state index contributed by atoms with van der Waals surface area (Å²) in [6.07, 6.45) is 9.04. The number of ether oxygens (including phenoxy) is 2. The molecule has 0 fully saturated rings. The second-order valence-electron chi connectivity index (χ2n) is 12.2. The van der Waals surface area contributed by atoms with Crippen LogP contribution < -0.4 is 9.47 Å². The van der Waals surface area contributed by atoms with E-state index in [-0.39, 0.29) is 0 Å². The van der Waals surface area contributed by atoms with Crippen molar-refractivity contribution in [2.75, 3.05) is 14.2 Å². The number of methoxy groups -OCH3 is 2. The van der Waals surface area contributed by atoms with Gasteiger partial charge in [-0.05, 0) is 81.9 Å². The molecule has 2 nitrogen and oxygen atoms in total. The summed E-state index contributed by atoms with van der Waals surface area (Å²) in [5.74, 6) is 1.71. The topological polar surface area (TPSA) is 18.5 Å². The van der Waals surface area contributed by atoms with Crippen molar-refractivity contribution in [1.29, 1.82) is 0 Å². The minimum absolute atomic E-state index is 0.847. The first-order valence-electron chi connectivity index (χ1n) is 16.9. The average Bonchev–Trinajstić information content (AvgIpc) is 3.20. The molecular formula is C47H35O2S2+. The molecule has 1 aromatic heterocycles. The van der Waals surface area contributed by atoms with Gasteiger partial charge in [-0.25, -0.2) is 0 Å². The van der Waals surface area contributed by atoms with Crippen LogP contribution in [0.2, 0.25) is 0 Å². The van der Waals surface area contributed by atoms with Gasteiger partial charge in [0, 0.05) is 38.5 Å². The van der Waals surface area contributed by atoms with E-state index in [9.17, 15) is 0 Å². The fraction of sp³-hybridized carbons (Fsp3) is 0.0426. The highest BCUT2D eigenvalue weighted by molar-refractivity contribution is 8.03. The van der Waals surface area contributed by atoms with Gasteiger partial charge in [0.05, 0.1) is 19.8 Å². The number of benzene rings is 6. The molecule has 0 N–H and O–H groups in total. The minimum Gasteiger partial charge on any atom is -0.497 e. The lowest BCUT2D eigenvalue weighted by atomic mass is 9.92. The van der Waals surface area contributed by atoms with Crippen molar-refractivity contribution in [3.8, 4) is 44.9 Å². The van der Waals surface area contributed by atoms with Crippen LogP contribution in [0.15, 0.2) is 180 Å². The lowest BCUT2D eigenvalue weighted by Gasteiger charge is -2.20. The maximum absolute atomic E-state index is 5.79. The Morgan fingerprint density at radius 1 is 0.569 bits per heavy atom. The third-order valence-corrected chi connectivity index (χ3v) is 11.3. The number of hydrogen-bond donors (Lipinski definition) is 0. The predicted molar refractivity (Wildman–Crippen MR) is 219 cm³/mol. The Morgan fingerprint density at radius 2 is 1.24 bits per heavy atom. The smallest absolute Gasteiger partial charge is 0.239 e. The van der Waals surface area contributed by atoms with E-state index in [4.69, 9.17) is 9.47 Å². The SMILES string of the molecule is COc1ccc(-c2c(-c3ccccc3)c(C=CC=C3C=C(c4ccc(OC)c(-c5ccccc5)c4)c4ccccc4S3)[s+]c3ccccc23)cc1. The molecule has 0 unspecified atom stereocenters. The maximum Gasteiger partial charge on any atom is 0.239 e. The molecule has 1 aliphatic rings. The van der Waals surface area contributed by atoms with Crippen LogP contribution in [-0.2, 0) is 0 Å². The van der Waals surface area contributed by atoms with Crippen LogP contribution in [0.25, 0.3) is 55.1 Å². The number of hydrogen-bond acceptors (Lipinski definition) is 3. The Bertz CT molecular complexity index is 2440. The van der Waals surface area contributed by atoms with E-state index in [1.807, 2.05) is 29.5 Å². The molecule has 246 valence electrons. The minimum atomic E-state index is 0.847. The van der Waals surface area contributed by atoms with Crippen molar-refractivity contribution < 1.29 is 9.47 Å². The zero-order valence-electron chi connectivity index (χ0n) is 28.4. The first-order valence-corrected chi connectivity index (χ1v) is 18.5. The zero-order chi connectivity index (χ0) is 34.6. The third-order valence-electron chi connectivity index (χ3n) is 9.11. The molecule has 0 spiro atoms. The Hall–Kier alpha value is -5.68. The number of thioether (sulfide) groups is 1. The summed E-state index contributed by atoms with van der Waals surface area (Å²) in [5, 5.41) is 1.24. The van der Waals surface area contributed by atoms with Crippen molar-refractivity contribution in [2.24, 2.45) is 0 Å². The fourth-order valence-electron chi connectivity index (χ4n) is 6.68. The first kappa shape index (κ1) is 32.5. The van der Waals surface area contributed by atoms with Crippen molar-refractivity contribution in [3.63, 3.8) is 0 Å². The highest BCUT2D eigenvalue weighted by Crippen LogP contribution is 2.46. The summed E-state index contributed by atoms with van der Waals surface area (Å²) in [4.78, 5) is 3.63. The van der Waals surface area contributed by atoms with Crippen LogP contribution in [-0.4, -0.2) is 14.2 Å². The molecule has 0 amide bonds. The van der Waals surface area contributed by atoms with Gasteiger partial charge in [0.1, 0.15) is 11.5 Å². The maximum atomic E-state index is 5.79. The number of fused-ring (bicyclic) bond motifs is 2. The number of rotatable bonds is 8. The Morgan fingerprint density at radius 3 is 2.00 bits per heavy atom. The van der Waals surface area contributed by atoms with Gasteiger partial charge in [0.15, 0.2) is 0 Å². The molecule has 0 aliphatic carbocycles. The fourth-order valence-corrected chi connectivity index (χ4v) is 8.82. The second-order valence-corrected chi connectivity index (χ2v) is 14.4. The predicted octanol–water partition coefficient (Wildman–Crippen LogP) is 13.3. The molecule has 0 saturated carbocycles. The van der Waals surface area contributed by atoms with Crippen LogP contribution >= 0.6 is 23.1 Å². The van der Waals surface area contributed by atoms with E-state index in [0.29, 0.717) is 0 Å². The van der Waals surface area contributed by atoms with Crippen LogP contribution in [0.5, 0.6) is 11.5 Å². The van der Waals surface area contributed by atoms with E-state index < -0.39 is 0 Å². The van der Waals surface area contributed by atoms with E-state index in [2.05, 4.69) is 158 Å². The molecular weight excluding hydrogens is 661 g/mol. The quantitative estimate of drug-likeness (QED) is 0.147. The summed E-state index contributed by atoms with van der Waals surface area (Å²) in [6.45, 7) is 0. The van der Waals surface area contributed by atoms with Gasteiger partial charge in [-0.1, -0.05) is 127 Å². The summed E-state index contributed by atoms with van der Waals surface area (Å²) in [5.41, 5.74) is 10.6. The van der Waals surface area contributed by atoms with E-state index >= 15 is 0 Å². The largest absolute Gasteiger partial charge is 0.497 e. The summed E-state index contributed by atoms with van der Waals surface area (Å²) >= 11 is 3.63. The van der Waals surface area contributed by atoms with Gasteiger partial charge in [-0.3, -0.25) is 0 Å². The van der Waals surface area contributed by atoms with Gasteiger partial charge in [-0.2, -0.15) is 0 Å². The first-order chi connectivity index (χ1) is 25.2. The zero-order valence-corrected chi connectivity index (χ0v) is 30.0. The molecule has 7 aromatic rings. The molecule has 6 aromatic carbocycles. The van der Waals surface area contributed by atoms with Crippen molar-refractivity contribution in [1.82, 2.24) is 0 Å². The monoisotopic (exact) mass is 695 g/mol. The molecule has 0 saturated heterocycles. The molecule has 0 bridgehead atoms. The van der Waals surface area contributed by atoms with Crippen molar-refractivity contribution in [2.45, 2.75) is 4.90 Å². The number of allylic oxidation sites excluding steroid dienone is 3. The van der Waals surface area contributed by atoms with E-state index in [0.717, 1.165) is 33.8 Å². The Labute approximate surface area is 307 Å². The summed E-state index contributed by atoms with van der Waals surface area (Å²) < 4.78 is 12.5. The lowest BCUT2D eigenvalue weighted by molar-refractivity contribution is 0.415. The van der Waals surface area contributed by atoms with Gasteiger partial charge in [0.2, 0.25) is 20.9 Å². The van der Waals surface area contributed by atoms with Crippen LogP contribution in [0, 0.1) is 0 Å². The van der Waals surface area contributed by atoms with Gasteiger partial charge >= 0.3 is 0 Å². The normalized spacial score (nSPS) is 13.3. The van der Waals surface area contributed by atoms with Gasteiger partial charge in [0.25, 0.3) is 0 Å². The summed E-state index contributed by atoms with van der Waals surface area (Å²) in [7, 11) is 3.45. The standard InChI is InChI=1S/C47H35O2S2/c1-48-36-27-24-34(25-28-36)46-39-20-10-12-22-44(39)51-45(47(46)33-16-7-4-8-17-33)23-13-18-37-31-40(38-19-9-11-21-43(38)50-37)35-26-29-42(49-2)41(30-35)32-14-5-3-6-15-32/h3-31H,1-2H3/q+1. The van der Waals surface area contributed by atoms with Gasteiger partial charge < -0.3 is 9.47 Å². The molecule has 51 heavy (non-hydrogen) atoms. The van der Waals surface area contributed by atoms with Crippen LogP contribution in [0.4, 0.5) is 0 Å². The molecule has 8 rings (SSSR count). The third kappa shape index (κ3) is 6.64. The van der Waals surface area contributed by atoms with E-state index in [1.54, 1.807) is 26.0 Å². The highest BCUT2D eigenvalue weighted by atomic mass is 32.2. The van der Waals surface area contributed by atoms with Crippen LogP contribution in [0.3, 0.4) is 0 Å². The Balaban J connectivity index is 1.25. The molecule has 0 atom stereocenters.